The van der Waals surface area contributed by atoms with Crippen molar-refractivity contribution in [1.82, 2.24) is 15.1 Å². The maximum Gasteiger partial charge on any atom is 0.0839 e. The Bertz CT molecular complexity index is 470. The fraction of sp³-hybridized carbons (Fsp3) is 0.364. The van der Waals surface area contributed by atoms with E-state index in [0.717, 1.165) is 0 Å². The summed E-state index contributed by atoms with van der Waals surface area (Å²) in [5.41, 5.74) is 2.46. The summed E-state index contributed by atoms with van der Waals surface area (Å²) >= 11 is 5.33. The lowest BCUT2D eigenvalue weighted by molar-refractivity contribution is 0.613. The normalized spacial score (nSPS) is 13.0. The van der Waals surface area contributed by atoms with E-state index in [-0.39, 0.29) is 6.04 Å². The van der Waals surface area contributed by atoms with Gasteiger partial charge in [-0.05, 0) is 47.6 Å². The SMILES string of the molecule is CNC(c1cc(C)c(Br)s1)c1ccnn1C. The minimum atomic E-state index is 0.211. The van der Waals surface area contributed by atoms with Crippen molar-refractivity contribution in [2.75, 3.05) is 7.05 Å². The molecule has 0 radical (unpaired) electrons. The molecule has 0 aliphatic carbocycles. The standard InChI is InChI=1S/C11H14BrN3S/c1-7-6-9(16-11(7)12)10(13-2)8-4-5-14-15(8)3/h4-6,10,13H,1-3H3. The molecule has 0 aliphatic heterocycles. The van der Waals surface area contributed by atoms with Gasteiger partial charge in [0.1, 0.15) is 0 Å². The maximum atomic E-state index is 4.21. The minimum Gasteiger partial charge on any atom is -0.307 e. The van der Waals surface area contributed by atoms with Crippen LogP contribution in [0.4, 0.5) is 0 Å². The molecule has 3 nitrogen and oxygen atoms in total. The van der Waals surface area contributed by atoms with Crippen LogP contribution >= 0.6 is 27.3 Å². The molecule has 0 saturated carbocycles. The molecule has 0 fully saturated rings. The fourth-order valence-corrected chi connectivity index (χ4v) is 3.42. The van der Waals surface area contributed by atoms with Gasteiger partial charge in [-0.15, -0.1) is 11.3 Å². The van der Waals surface area contributed by atoms with Crippen LogP contribution in [0.1, 0.15) is 22.2 Å². The van der Waals surface area contributed by atoms with Gasteiger partial charge in [-0.1, -0.05) is 0 Å². The van der Waals surface area contributed by atoms with Gasteiger partial charge in [0.2, 0.25) is 0 Å². The van der Waals surface area contributed by atoms with Gasteiger partial charge in [0.05, 0.1) is 15.5 Å². The van der Waals surface area contributed by atoms with E-state index in [1.165, 1.54) is 19.9 Å². The van der Waals surface area contributed by atoms with Gasteiger partial charge < -0.3 is 5.32 Å². The summed E-state index contributed by atoms with van der Waals surface area (Å²) in [6.07, 6.45) is 1.83. The van der Waals surface area contributed by atoms with Crippen LogP contribution in [0.3, 0.4) is 0 Å². The summed E-state index contributed by atoms with van der Waals surface area (Å²) in [4.78, 5) is 1.30. The number of aromatic nitrogens is 2. The smallest absolute Gasteiger partial charge is 0.0839 e. The highest BCUT2D eigenvalue weighted by atomic mass is 79.9. The molecule has 16 heavy (non-hydrogen) atoms. The molecule has 0 saturated heterocycles. The molecule has 0 aromatic carbocycles. The topological polar surface area (TPSA) is 29.9 Å². The molecular weight excluding hydrogens is 286 g/mol. The number of rotatable bonds is 3. The van der Waals surface area contributed by atoms with Gasteiger partial charge in [0.15, 0.2) is 0 Å². The van der Waals surface area contributed by atoms with E-state index in [2.05, 4.69) is 39.3 Å². The lowest BCUT2D eigenvalue weighted by Gasteiger charge is -2.14. The Balaban J connectivity index is 2.40. The van der Waals surface area contributed by atoms with Crippen molar-refractivity contribution in [3.63, 3.8) is 0 Å². The van der Waals surface area contributed by atoms with Gasteiger partial charge in [0.25, 0.3) is 0 Å². The zero-order valence-corrected chi connectivity index (χ0v) is 11.9. The lowest BCUT2D eigenvalue weighted by Crippen LogP contribution is -2.19. The van der Waals surface area contributed by atoms with Crippen molar-refractivity contribution < 1.29 is 0 Å². The van der Waals surface area contributed by atoms with Crippen molar-refractivity contribution in [2.24, 2.45) is 7.05 Å². The largest absolute Gasteiger partial charge is 0.307 e. The highest BCUT2D eigenvalue weighted by Gasteiger charge is 2.18. The molecule has 1 N–H and O–H groups in total. The Labute approximate surface area is 108 Å². The van der Waals surface area contributed by atoms with Gasteiger partial charge in [-0.2, -0.15) is 5.10 Å². The predicted molar refractivity (Wildman–Crippen MR) is 70.9 cm³/mol. The Morgan fingerprint density at radius 1 is 1.56 bits per heavy atom. The molecule has 0 amide bonds. The third kappa shape index (κ3) is 2.07. The molecule has 2 aromatic rings. The number of hydrogen-bond donors (Lipinski definition) is 1. The number of hydrogen-bond acceptors (Lipinski definition) is 3. The highest BCUT2D eigenvalue weighted by molar-refractivity contribution is 9.11. The van der Waals surface area contributed by atoms with Crippen molar-refractivity contribution in [2.45, 2.75) is 13.0 Å². The molecule has 0 bridgehead atoms. The average Bonchev–Trinajstić information content (AvgIpc) is 2.78. The van der Waals surface area contributed by atoms with E-state index in [0.29, 0.717) is 0 Å². The Morgan fingerprint density at radius 2 is 2.31 bits per heavy atom. The van der Waals surface area contributed by atoms with E-state index in [9.17, 15) is 0 Å². The van der Waals surface area contributed by atoms with Crippen LogP contribution in [-0.4, -0.2) is 16.8 Å². The van der Waals surface area contributed by atoms with Crippen molar-refractivity contribution in [1.29, 1.82) is 0 Å². The van der Waals surface area contributed by atoms with Gasteiger partial charge in [0, 0.05) is 18.1 Å². The molecule has 86 valence electrons. The van der Waals surface area contributed by atoms with Crippen LogP contribution in [0.25, 0.3) is 0 Å². The second-order valence-corrected chi connectivity index (χ2v) is 6.11. The summed E-state index contributed by atoms with van der Waals surface area (Å²) < 4.78 is 3.11. The minimum absolute atomic E-state index is 0.211. The summed E-state index contributed by atoms with van der Waals surface area (Å²) in [6.45, 7) is 2.11. The summed E-state index contributed by atoms with van der Waals surface area (Å²) in [6, 6.07) is 4.47. The molecular formula is C11H14BrN3S. The van der Waals surface area contributed by atoms with Crippen molar-refractivity contribution in [3.8, 4) is 0 Å². The van der Waals surface area contributed by atoms with E-state index >= 15 is 0 Å². The van der Waals surface area contributed by atoms with E-state index < -0.39 is 0 Å². The van der Waals surface area contributed by atoms with Crippen molar-refractivity contribution >= 4 is 27.3 Å². The predicted octanol–water partition coefficient (Wildman–Crippen LogP) is 2.86. The second-order valence-electron chi connectivity index (χ2n) is 3.71. The van der Waals surface area contributed by atoms with Crippen LogP contribution in [-0.2, 0) is 7.05 Å². The Morgan fingerprint density at radius 3 is 2.75 bits per heavy atom. The summed E-state index contributed by atoms with van der Waals surface area (Å²) in [7, 11) is 3.94. The summed E-state index contributed by atoms with van der Waals surface area (Å²) in [5, 5.41) is 7.54. The Kier molecular flexibility index (Phi) is 3.47. The third-order valence-corrected chi connectivity index (χ3v) is 4.81. The number of aryl methyl sites for hydroxylation is 2. The molecule has 2 heterocycles. The molecule has 2 aromatic heterocycles. The van der Waals surface area contributed by atoms with Crippen LogP contribution in [0.5, 0.6) is 0 Å². The van der Waals surface area contributed by atoms with Gasteiger partial charge in [-0.3, -0.25) is 4.68 Å². The van der Waals surface area contributed by atoms with Gasteiger partial charge in [-0.25, -0.2) is 0 Å². The Hall–Kier alpha value is -0.650. The van der Waals surface area contributed by atoms with E-state index in [1.54, 1.807) is 11.3 Å². The first-order valence-corrected chi connectivity index (χ1v) is 6.65. The van der Waals surface area contributed by atoms with Crippen LogP contribution < -0.4 is 5.32 Å². The quantitative estimate of drug-likeness (QED) is 0.944. The van der Waals surface area contributed by atoms with Gasteiger partial charge >= 0.3 is 0 Å². The third-order valence-electron chi connectivity index (χ3n) is 2.60. The van der Waals surface area contributed by atoms with E-state index in [4.69, 9.17) is 0 Å². The number of nitrogens with one attached hydrogen (secondary N) is 1. The molecule has 0 aliphatic rings. The number of nitrogens with zero attached hydrogens (tertiary/aromatic N) is 2. The molecule has 1 unspecified atom stereocenters. The number of halogens is 1. The molecule has 2 rings (SSSR count). The zero-order chi connectivity index (χ0) is 11.7. The average molecular weight is 300 g/mol. The first-order valence-electron chi connectivity index (χ1n) is 5.04. The first-order chi connectivity index (χ1) is 7.63. The van der Waals surface area contributed by atoms with E-state index in [1.807, 2.05) is 31.0 Å². The highest BCUT2D eigenvalue weighted by Crippen LogP contribution is 2.33. The van der Waals surface area contributed by atoms with Crippen molar-refractivity contribution in [3.05, 3.63) is 38.3 Å². The maximum absolute atomic E-state index is 4.21. The lowest BCUT2D eigenvalue weighted by atomic mass is 10.1. The zero-order valence-electron chi connectivity index (χ0n) is 9.49. The molecule has 0 spiro atoms. The fourth-order valence-electron chi connectivity index (χ4n) is 1.73. The van der Waals surface area contributed by atoms with Crippen LogP contribution in [0.2, 0.25) is 0 Å². The van der Waals surface area contributed by atoms with Crippen LogP contribution in [0.15, 0.2) is 22.1 Å². The van der Waals surface area contributed by atoms with Crippen LogP contribution in [0, 0.1) is 6.92 Å². The first kappa shape index (κ1) is 11.8. The molecule has 5 heteroatoms. The monoisotopic (exact) mass is 299 g/mol. The summed E-state index contributed by atoms with van der Waals surface area (Å²) in [5.74, 6) is 0. The second kappa shape index (κ2) is 4.69. The molecule has 1 atom stereocenters. The number of thiophene rings is 1.